The smallest absolute Gasteiger partial charge is 0.308 e. The number of hydrogen-bond donors (Lipinski definition) is 2. The van der Waals surface area contributed by atoms with E-state index in [2.05, 4.69) is 10.6 Å². The normalized spacial score (nSPS) is 10.0. The molecule has 0 aliphatic heterocycles. The fourth-order valence-corrected chi connectivity index (χ4v) is 2.01. The highest BCUT2D eigenvalue weighted by molar-refractivity contribution is 7.98. The van der Waals surface area contributed by atoms with Crippen molar-refractivity contribution in [3.8, 4) is 0 Å². The first-order valence-corrected chi connectivity index (χ1v) is 6.88. The van der Waals surface area contributed by atoms with E-state index in [1.165, 1.54) is 12.1 Å². The van der Waals surface area contributed by atoms with Gasteiger partial charge in [-0.2, -0.15) is 0 Å². The summed E-state index contributed by atoms with van der Waals surface area (Å²) in [4.78, 5) is 12.8. The van der Waals surface area contributed by atoms with E-state index in [1.54, 1.807) is 30.0 Å². The van der Waals surface area contributed by atoms with Gasteiger partial charge in [-0.25, -0.2) is 9.18 Å². The Balaban J connectivity index is 2.03. The summed E-state index contributed by atoms with van der Waals surface area (Å²) >= 11 is 1.58. The minimum atomic E-state index is -0.469. The number of carbonyl (C=O) groups is 1. The highest BCUT2D eigenvalue weighted by atomic mass is 32.2. The van der Waals surface area contributed by atoms with Crippen LogP contribution in [0.4, 0.5) is 20.6 Å². The zero-order chi connectivity index (χ0) is 13.7. The van der Waals surface area contributed by atoms with Gasteiger partial charge in [0, 0.05) is 10.6 Å². The average molecular weight is 276 g/mol. The molecule has 3 nitrogen and oxygen atoms in total. The summed E-state index contributed by atoms with van der Waals surface area (Å²) in [5, 5.41) is 5.13. The van der Waals surface area contributed by atoms with Gasteiger partial charge in [0.05, 0.1) is 5.69 Å². The van der Waals surface area contributed by atoms with E-state index in [0.29, 0.717) is 5.69 Å². The summed E-state index contributed by atoms with van der Waals surface area (Å²) in [6, 6.07) is 13.0. The van der Waals surface area contributed by atoms with Gasteiger partial charge in [0.1, 0.15) is 5.82 Å². The first kappa shape index (κ1) is 13.4. The summed E-state index contributed by atoms with van der Waals surface area (Å²) in [6.07, 6.45) is 1.96. The number of carbonyl (C=O) groups excluding carboxylic acids is 1. The summed E-state index contributed by atoms with van der Waals surface area (Å²) in [5.41, 5.74) is 0.821. The van der Waals surface area contributed by atoms with Crippen LogP contribution in [0.15, 0.2) is 53.4 Å². The molecule has 0 unspecified atom stereocenters. The first-order chi connectivity index (χ1) is 9.19. The Hall–Kier alpha value is -2.01. The Labute approximate surface area is 115 Å². The van der Waals surface area contributed by atoms with Crippen molar-refractivity contribution >= 4 is 29.2 Å². The van der Waals surface area contributed by atoms with Crippen LogP contribution in [0.1, 0.15) is 0 Å². The van der Waals surface area contributed by atoms with Crippen molar-refractivity contribution in [3.05, 3.63) is 54.3 Å². The van der Waals surface area contributed by atoms with Crippen LogP contribution in [-0.4, -0.2) is 12.3 Å². The molecule has 0 heterocycles. The maximum absolute atomic E-state index is 13.4. The highest BCUT2D eigenvalue weighted by Gasteiger charge is 2.06. The third-order valence-corrected chi connectivity index (χ3v) is 3.18. The maximum atomic E-state index is 13.4. The van der Waals surface area contributed by atoms with Crippen LogP contribution < -0.4 is 10.6 Å². The van der Waals surface area contributed by atoms with Crippen LogP contribution in [-0.2, 0) is 0 Å². The maximum Gasteiger partial charge on any atom is 0.323 e. The Bertz CT molecular complexity index is 589. The lowest BCUT2D eigenvalue weighted by Crippen LogP contribution is -2.20. The van der Waals surface area contributed by atoms with E-state index in [4.69, 9.17) is 0 Å². The second-order valence-corrected chi connectivity index (χ2v) is 4.67. The predicted molar refractivity (Wildman–Crippen MR) is 77.3 cm³/mol. The molecule has 2 amide bonds. The van der Waals surface area contributed by atoms with Crippen molar-refractivity contribution < 1.29 is 9.18 Å². The van der Waals surface area contributed by atoms with Crippen molar-refractivity contribution in [2.45, 2.75) is 4.90 Å². The molecule has 2 aromatic rings. The molecule has 0 aromatic heterocycles. The summed E-state index contributed by atoms with van der Waals surface area (Å²) in [5.74, 6) is -0.462. The van der Waals surface area contributed by atoms with Gasteiger partial charge in [-0.3, -0.25) is 0 Å². The molecular weight excluding hydrogens is 263 g/mol. The molecule has 0 saturated carbocycles. The number of thioether (sulfide) groups is 1. The van der Waals surface area contributed by atoms with Crippen molar-refractivity contribution in [3.63, 3.8) is 0 Å². The molecule has 0 fully saturated rings. The quantitative estimate of drug-likeness (QED) is 0.825. The molecule has 19 heavy (non-hydrogen) atoms. The molecular formula is C14H13FN2OS. The van der Waals surface area contributed by atoms with Crippen LogP contribution in [0.2, 0.25) is 0 Å². The van der Waals surface area contributed by atoms with Gasteiger partial charge in [-0.1, -0.05) is 18.2 Å². The Morgan fingerprint density at radius 2 is 1.89 bits per heavy atom. The molecule has 0 bridgehead atoms. The molecule has 2 rings (SSSR count). The van der Waals surface area contributed by atoms with Crippen LogP contribution in [0.25, 0.3) is 0 Å². The topological polar surface area (TPSA) is 41.1 Å². The second-order valence-electron chi connectivity index (χ2n) is 3.79. The summed E-state index contributed by atoms with van der Waals surface area (Å²) in [6.45, 7) is 0. The van der Waals surface area contributed by atoms with Gasteiger partial charge in [-0.05, 0) is 36.6 Å². The Kier molecular flexibility index (Phi) is 4.41. The molecule has 0 atom stereocenters. The van der Waals surface area contributed by atoms with Gasteiger partial charge in [0.25, 0.3) is 0 Å². The van der Waals surface area contributed by atoms with Crippen LogP contribution in [0.5, 0.6) is 0 Å². The van der Waals surface area contributed by atoms with Crippen molar-refractivity contribution in [2.24, 2.45) is 0 Å². The van der Waals surface area contributed by atoms with E-state index >= 15 is 0 Å². The van der Waals surface area contributed by atoms with E-state index in [-0.39, 0.29) is 5.69 Å². The van der Waals surface area contributed by atoms with Gasteiger partial charge in [0.15, 0.2) is 0 Å². The van der Waals surface area contributed by atoms with Crippen LogP contribution in [0, 0.1) is 5.82 Å². The summed E-state index contributed by atoms with van der Waals surface area (Å²) < 4.78 is 13.4. The number of rotatable bonds is 3. The fourth-order valence-electron chi connectivity index (χ4n) is 1.55. The molecule has 0 spiro atoms. The number of nitrogens with one attached hydrogen (secondary N) is 2. The largest absolute Gasteiger partial charge is 0.323 e. The minimum Gasteiger partial charge on any atom is -0.308 e. The lowest BCUT2D eigenvalue weighted by Gasteiger charge is -2.09. The molecule has 5 heteroatoms. The van der Waals surface area contributed by atoms with Crippen LogP contribution in [0.3, 0.4) is 0 Å². The minimum absolute atomic E-state index is 0.154. The van der Waals surface area contributed by atoms with Gasteiger partial charge in [-0.15, -0.1) is 11.8 Å². The number of urea groups is 1. The molecule has 0 aliphatic rings. The van der Waals surface area contributed by atoms with Gasteiger partial charge >= 0.3 is 6.03 Å². The number of amides is 2. The SMILES string of the molecule is CSc1cccc(NC(=O)Nc2ccccc2F)c1. The molecule has 0 saturated heterocycles. The number of benzene rings is 2. The number of halogens is 1. The number of hydrogen-bond acceptors (Lipinski definition) is 2. The fraction of sp³-hybridized carbons (Fsp3) is 0.0714. The van der Waals surface area contributed by atoms with Crippen LogP contribution >= 0.6 is 11.8 Å². The van der Waals surface area contributed by atoms with Crippen molar-refractivity contribution in [1.82, 2.24) is 0 Å². The van der Waals surface area contributed by atoms with E-state index in [9.17, 15) is 9.18 Å². The standard InChI is InChI=1S/C14H13FN2OS/c1-19-11-6-4-5-10(9-11)16-14(18)17-13-8-3-2-7-12(13)15/h2-9H,1H3,(H2,16,17,18). The van der Waals surface area contributed by atoms with Crippen molar-refractivity contribution in [2.75, 3.05) is 16.9 Å². The third-order valence-electron chi connectivity index (χ3n) is 2.45. The third kappa shape index (κ3) is 3.72. The lowest BCUT2D eigenvalue weighted by atomic mass is 10.3. The van der Waals surface area contributed by atoms with Gasteiger partial charge in [0.2, 0.25) is 0 Å². The number of para-hydroxylation sites is 1. The van der Waals surface area contributed by atoms with Crippen molar-refractivity contribution in [1.29, 1.82) is 0 Å². The zero-order valence-electron chi connectivity index (χ0n) is 10.3. The van der Waals surface area contributed by atoms with E-state index < -0.39 is 11.8 Å². The van der Waals surface area contributed by atoms with E-state index in [0.717, 1.165) is 4.90 Å². The predicted octanol–water partition coefficient (Wildman–Crippen LogP) is 4.19. The van der Waals surface area contributed by atoms with Gasteiger partial charge < -0.3 is 10.6 Å². The lowest BCUT2D eigenvalue weighted by molar-refractivity contribution is 0.262. The Morgan fingerprint density at radius 1 is 1.11 bits per heavy atom. The monoisotopic (exact) mass is 276 g/mol. The molecule has 2 aromatic carbocycles. The molecule has 2 N–H and O–H groups in total. The highest BCUT2D eigenvalue weighted by Crippen LogP contribution is 2.19. The second kappa shape index (κ2) is 6.24. The zero-order valence-corrected chi connectivity index (χ0v) is 11.1. The molecule has 98 valence electrons. The van der Waals surface area contributed by atoms with E-state index in [1.807, 2.05) is 24.5 Å². The molecule has 0 radical (unpaired) electrons. The summed E-state index contributed by atoms with van der Waals surface area (Å²) in [7, 11) is 0. The Morgan fingerprint density at radius 3 is 2.63 bits per heavy atom. The average Bonchev–Trinajstić information content (AvgIpc) is 2.41. The first-order valence-electron chi connectivity index (χ1n) is 5.65. The molecule has 0 aliphatic carbocycles. The number of anilines is 2.